The normalized spacial score (nSPS) is 11.6. The SMILES string of the molecule is CC#CCCC(CCc1ccccn1)NC. The van der Waals surface area contributed by atoms with E-state index in [0.29, 0.717) is 6.04 Å². The lowest BCUT2D eigenvalue weighted by molar-refractivity contribution is 0.493. The predicted octanol–water partition coefficient (Wildman–Crippen LogP) is 2.41. The first-order chi connectivity index (χ1) is 7.86. The number of aromatic nitrogens is 1. The summed E-state index contributed by atoms with van der Waals surface area (Å²) in [6, 6.07) is 6.62. The van der Waals surface area contributed by atoms with E-state index < -0.39 is 0 Å². The summed E-state index contributed by atoms with van der Waals surface area (Å²) in [7, 11) is 2.02. The van der Waals surface area contributed by atoms with Crippen LogP contribution in [0.3, 0.4) is 0 Å². The van der Waals surface area contributed by atoms with Crippen LogP contribution in [0.15, 0.2) is 24.4 Å². The lowest BCUT2D eigenvalue weighted by Gasteiger charge is -2.14. The quantitative estimate of drug-likeness (QED) is 0.739. The van der Waals surface area contributed by atoms with Crippen molar-refractivity contribution in [3.05, 3.63) is 30.1 Å². The van der Waals surface area contributed by atoms with E-state index in [9.17, 15) is 0 Å². The summed E-state index contributed by atoms with van der Waals surface area (Å²) >= 11 is 0. The van der Waals surface area contributed by atoms with Crippen LogP contribution in [0.1, 0.15) is 31.9 Å². The van der Waals surface area contributed by atoms with E-state index in [1.165, 1.54) is 5.69 Å². The van der Waals surface area contributed by atoms with Gasteiger partial charge < -0.3 is 5.32 Å². The minimum atomic E-state index is 0.544. The highest BCUT2D eigenvalue weighted by atomic mass is 14.9. The lowest BCUT2D eigenvalue weighted by atomic mass is 10.0. The van der Waals surface area contributed by atoms with Crippen molar-refractivity contribution in [2.24, 2.45) is 0 Å². The minimum absolute atomic E-state index is 0.544. The molecule has 0 saturated heterocycles. The third kappa shape index (κ3) is 4.95. The number of nitrogens with zero attached hydrogens (tertiary/aromatic N) is 1. The molecule has 1 unspecified atom stereocenters. The Labute approximate surface area is 98.5 Å². The minimum Gasteiger partial charge on any atom is -0.317 e. The Hall–Kier alpha value is -1.33. The highest BCUT2D eigenvalue weighted by Gasteiger charge is 2.05. The fourth-order valence-electron chi connectivity index (χ4n) is 1.67. The molecule has 0 radical (unpaired) electrons. The Morgan fingerprint density at radius 3 is 2.88 bits per heavy atom. The Morgan fingerprint density at radius 2 is 2.25 bits per heavy atom. The van der Waals surface area contributed by atoms with Crippen LogP contribution in [0.4, 0.5) is 0 Å². The number of pyridine rings is 1. The molecular formula is C14H20N2. The average molecular weight is 216 g/mol. The van der Waals surface area contributed by atoms with Crippen molar-refractivity contribution in [1.29, 1.82) is 0 Å². The van der Waals surface area contributed by atoms with E-state index in [2.05, 4.69) is 28.2 Å². The summed E-state index contributed by atoms with van der Waals surface area (Å²) in [4.78, 5) is 4.33. The molecule has 0 fully saturated rings. The van der Waals surface area contributed by atoms with Crippen LogP contribution < -0.4 is 5.32 Å². The second-order valence-electron chi connectivity index (χ2n) is 3.81. The van der Waals surface area contributed by atoms with E-state index in [1.54, 1.807) is 0 Å². The Morgan fingerprint density at radius 1 is 1.38 bits per heavy atom. The second-order valence-corrected chi connectivity index (χ2v) is 3.81. The zero-order valence-corrected chi connectivity index (χ0v) is 10.2. The third-order valence-corrected chi connectivity index (χ3v) is 2.68. The molecule has 1 rings (SSSR count). The first-order valence-corrected chi connectivity index (χ1v) is 5.83. The second kappa shape index (κ2) is 7.90. The highest BCUT2D eigenvalue weighted by Crippen LogP contribution is 2.06. The van der Waals surface area contributed by atoms with Gasteiger partial charge in [-0.1, -0.05) is 6.07 Å². The van der Waals surface area contributed by atoms with E-state index in [4.69, 9.17) is 0 Å². The Balaban J connectivity index is 2.30. The van der Waals surface area contributed by atoms with Crippen LogP contribution in [-0.4, -0.2) is 18.1 Å². The summed E-state index contributed by atoms with van der Waals surface area (Å²) in [6.45, 7) is 1.89. The topological polar surface area (TPSA) is 24.9 Å². The van der Waals surface area contributed by atoms with Crippen LogP contribution >= 0.6 is 0 Å². The number of aryl methyl sites for hydroxylation is 1. The summed E-state index contributed by atoms with van der Waals surface area (Å²) in [5.41, 5.74) is 1.17. The molecule has 1 aromatic rings. The number of nitrogens with one attached hydrogen (secondary N) is 1. The first kappa shape index (κ1) is 12.7. The predicted molar refractivity (Wildman–Crippen MR) is 68.1 cm³/mol. The zero-order valence-electron chi connectivity index (χ0n) is 10.2. The largest absolute Gasteiger partial charge is 0.317 e. The summed E-state index contributed by atoms with van der Waals surface area (Å²) < 4.78 is 0. The smallest absolute Gasteiger partial charge is 0.0404 e. The van der Waals surface area contributed by atoms with Gasteiger partial charge >= 0.3 is 0 Å². The zero-order chi connectivity index (χ0) is 11.6. The Kier molecular flexibility index (Phi) is 6.29. The highest BCUT2D eigenvalue weighted by molar-refractivity contribution is 5.04. The van der Waals surface area contributed by atoms with Crippen molar-refractivity contribution in [3.8, 4) is 11.8 Å². The van der Waals surface area contributed by atoms with Crippen LogP contribution in [0, 0.1) is 11.8 Å². The van der Waals surface area contributed by atoms with Gasteiger partial charge in [-0.25, -0.2) is 0 Å². The molecule has 0 aliphatic carbocycles. The van der Waals surface area contributed by atoms with Crippen LogP contribution in [0.25, 0.3) is 0 Å². The van der Waals surface area contributed by atoms with Crippen molar-refractivity contribution >= 4 is 0 Å². The van der Waals surface area contributed by atoms with Crippen molar-refractivity contribution in [3.63, 3.8) is 0 Å². The molecule has 2 heteroatoms. The van der Waals surface area contributed by atoms with Gasteiger partial charge in [0.2, 0.25) is 0 Å². The van der Waals surface area contributed by atoms with Crippen molar-refractivity contribution < 1.29 is 0 Å². The molecule has 1 heterocycles. The van der Waals surface area contributed by atoms with Gasteiger partial charge in [0.15, 0.2) is 0 Å². The molecule has 1 aromatic heterocycles. The molecule has 1 atom stereocenters. The number of hydrogen-bond acceptors (Lipinski definition) is 2. The van der Waals surface area contributed by atoms with Gasteiger partial charge in [0.25, 0.3) is 0 Å². The molecule has 0 aliphatic heterocycles. The van der Waals surface area contributed by atoms with Gasteiger partial charge in [-0.3, -0.25) is 4.98 Å². The van der Waals surface area contributed by atoms with Crippen LogP contribution in [0.2, 0.25) is 0 Å². The lowest BCUT2D eigenvalue weighted by Crippen LogP contribution is -2.25. The van der Waals surface area contributed by atoms with Crippen LogP contribution in [0.5, 0.6) is 0 Å². The van der Waals surface area contributed by atoms with E-state index in [1.807, 2.05) is 32.3 Å². The summed E-state index contributed by atoms with van der Waals surface area (Å²) in [6.07, 6.45) is 6.10. The maximum atomic E-state index is 4.33. The summed E-state index contributed by atoms with van der Waals surface area (Å²) in [5, 5.41) is 3.34. The van der Waals surface area contributed by atoms with Crippen LogP contribution in [-0.2, 0) is 6.42 Å². The van der Waals surface area contributed by atoms with Gasteiger partial charge in [-0.2, -0.15) is 0 Å². The van der Waals surface area contributed by atoms with E-state index in [0.717, 1.165) is 25.7 Å². The fourth-order valence-corrected chi connectivity index (χ4v) is 1.67. The first-order valence-electron chi connectivity index (χ1n) is 5.83. The summed E-state index contributed by atoms with van der Waals surface area (Å²) in [5.74, 6) is 6.04. The third-order valence-electron chi connectivity index (χ3n) is 2.68. The maximum Gasteiger partial charge on any atom is 0.0404 e. The van der Waals surface area contributed by atoms with Gasteiger partial charge in [0.05, 0.1) is 0 Å². The Bertz CT molecular complexity index is 335. The molecular weight excluding hydrogens is 196 g/mol. The molecule has 0 aromatic carbocycles. The number of hydrogen-bond donors (Lipinski definition) is 1. The molecule has 0 bridgehead atoms. The van der Waals surface area contributed by atoms with E-state index in [-0.39, 0.29) is 0 Å². The molecule has 0 amide bonds. The molecule has 16 heavy (non-hydrogen) atoms. The maximum absolute atomic E-state index is 4.33. The van der Waals surface area contributed by atoms with Crippen molar-refractivity contribution in [2.75, 3.05) is 7.05 Å². The molecule has 0 aliphatic rings. The number of rotatable bonds is 6. The van der Waals surface area contributed by atoms with Crippen molar-refractivity contribution in [2.45, 2.75) is 38.6 Å². The monoisotopic (exact) mass is 216 g/mol. The molecule has 1 N–H and O–H groups in total. The van der Waals surface area contributed by atoms with E-state index >= 15 is 0 Å². The van der Waals surface area contributed by atoms with Gasteiger partial charge in [-0.05, 0) is 45.4 Å². The van der Waals surface area contributed by atoms with Gasteiger partial charge in [-0.15, -0.1) is 11.8 Å². The van der Waals surface area contributed by atoms with Gasteiger partial charge in [0, 0.05) is 24.4 Å². The fraction of sp³-hybridized carbons (Fsp3) is 0.500. The molecule has 86 valence electrons. The molecule has 2 nitrogen and oxygen atoms in total. The molecule has 0 spiro atoms. The molecule has 0 saturated carbocycles. The standard InChI is InChI=1S/C14H20N2/c1-3-4-5-8-13(15-2)10-11-14-9-6-7-12-16-14/h6-7,9,12-13,15H,5,8,10-11H2,1-2H3. The average Bonchev–Trinajstić information content (AvgIpc) is 2.35. The van der Waals surface area contributed by atoms with Crippen molar-refractivity contribution in [1.82, 2.24) is 10.3 Å². The van der Waals surface area contributed by atoms with Gasteiger partial charge in [0.1, 0.15) is 0 Å².